The number of nitrogens with one attached hydrogen (secondary N) is 1. The van der Waals surface area contributed by atoms with Gasteiger partial charge in [0.2, 0.25) is 6.41 Å². The molecule has 1 heterocycles. The van der Waals surface area contributed by atoms with Gasteiger partial charge in [-0.2, -0.15) is 0 Å². The maximum Gasteiger partial charge on any atom is 0.214 e. The minimum atomic E-state index is -0.882. The number of ether oxygens (including phenoxy) is 1. The molecular weight excluding hydrogens is 300 g/mol. The summed E-state index contributed by atoms with van der Waals surface area (Å²) in [6.45, 7) is 12.3. The van der Waals surface area contributed by atoms with E-state index in [4.69, 9.17) is 4.74 Å². The number of nitrogens with zero attached hydrogens (tertiary/aromatic N) is 1. The predicted molar refractivity (Wildman–Crippen MR) is 98.9 cm³/mol. The zero-order valence-electron chi connectivity index (χ0n) is 15.7. The summed E-state index contributed by atoms with van der Waals surface area (Å²) in [5, 5.41) is 12.8. The molecule has 0 radical (unpaired) electrons. The monoisotopic (exact) mass is 334 g/mol. The molecule has 4 heteroatoms. The zero-order chi connectivity index (χ0) is 17.6. The topological polar surface area (TPSA) is 44.7 Å². The number of hydrogen-bond acceptors (Lipinski definition) is 4. The van der Waals surface area contributed by atoms with Gasteiger partial charge in [0.1, 0.15) is 0 Å². The second-order valence-corrected chi connectivity index (χ2v) is 8.16. The van der Waals surface area contributed by atoms with Gasteiger partial charge >= 0.3 is 0 Å². The highest BCUT2D eigenvalue weighted by molar-refractivity contribution is 5.25. The fourth-order valence-electron chi connectivity index (χ4n) is 3.30. The molecule has 1 aliphatic heterocycles. The average Bonchev–Trinajstić information content (AvgIpc) is 2.52. The number of rotatable bonds is 7. The molecule has 0 spiro atoms. The summed E-state index contributed by atoms with van der Waals surface area (Å²) in [5.41, 5.74) is 1.45. The summed E-state index contributed by atoms with van der Waals surface area (Å²) < 4.78 is 5.44. The average molecular weight is 335 g/mol. The Hall–Kier alpha value is -0.940. The van der Waals surface area contributed by atoms with Crippen molar-refractivity contribution in [3.05, 3.63) is 35.9 Å². The van der Waals surface area contributed by atoms with E-state index in [0.717, 1.165) is 32.6 Å². The molecule has 0 aromatic heterocycles. The number of piperidine rings is 1. The van der Waals surface area contributed by atoms with E-state index in [1.165, 1.54) is 18.4 Å². The van der Waals surface area contributed by atoms with Gasteiger partial charge in [-0.1, -0.05) is 37.3 Å². The van der Waals surface area contributed by atoms with Crippen molar-refractivity contribution in [1.82, 2.24) is 10.2 Å². The van der Waals surface area contributed by atoms with Crippen molar-refractivity contribution < 1.29 is 9.84 Å². The largest absolute Gasteiger partial charge is 0.356 e. The van der Waals surface area contributed by atoms with Crippen LogP contribution < -0.4 is 5.32 Å². The summed E-state index contributed by atoms with van der Waals surface area (Å²) in [6.07, 6.45) is 2.56. The smallest absolute Gasteiger partial charge is 0.214 e. The molecule has 1 fully saturated rings. The first-order chi connectivity index (χ1) is 11.3. The van der Waals surface area contributed by atoms with E-state index in [2.05, 4.69) is 47.5 Å². The molecule has 1 saturated heterocycles. The van der Waals surface area contributed by atoms with Crippen LogP contribution in [0.2, 0.25) is 0 Å². The number of aliphatic hydroxyl groups excluding tert-OH is 1. The highest BCUT2D eigenvalue weighted by Gasteiger charge is 2.31. The van der Waals surface area contributed by atoms with Crippen molar-refractivity contribution in [2.75, 3.05) is 26.2 Å². The van der Waals surface area contributed by atoms with Crippen molar-refractivity contribution in [3.63, 3.8) is 0 Å². The first kappa shape index (κ1) is 19.4. The second-order valence-electron chi connectivity index (χ2n) is 8.16. The van der Waals surface area contributed by atoms with E-state index in [1.807, 2.05) is 20.8 Å². The predicted octanol–water partition coefficient (Wildman–Crippen LogP) is 3.11. The fourth-order valence-corrected chi connectivity index (χ4v) is 3.30. The van der Waals surface area contributed by atoms with Gasteiger partial charge in [0, 0.05) is 6.54 Å². The quantitative estimate of drug-likeness (QED) is 0.594. The van der Waals surface area contributed by atoms with Crippen LogP contribution in [0.1, 0.15) is 52.5 Å². The van der Waals surface area contributed by atoms with Crippen molar-refractivity contribution in [2.45, 2.75) is 64.4 Å². The third-order valence-electron chi connectivity index (χ3n) is 4.87. The van der Waals surface area contributed by atoms with Crippen molar-refractivity contribution in [3.8, 4) is 0 Å². The van der Waals surface area contributed by atoms with Gasteiger partial charge in [-0.25, -0.2) is 0 Å². The van der Waals surface area contributed by atoms with Gasteiger partial charge in [0.25, 0.3) is 0 Å². The van der Waals surface area contributed by atoms with Crippen molar-refractivity contribution in [2.24, 2.45) is 0 Å². The fraction of sp³-hybridized carbons (Fsp3) is 0.700. The van der Waals surface area contributed by atoms with Crippen LogP contribution in [0, 0.1) is 0 Å². The van der Waals surface area contributed by atoms with Gasteiger partial charge < -0.3 is 14.7 Å². The Labute approximate surface area is 147 Å². The Morgan fingerprint density at radius 3 is 2.42 bits per heavy atom. The molecule has 1 aliphatic rings. The van der Waals surface area contributed by atoms with Crippen LogP contribution in [0.4, 0.5) is 0 Å². The standard InChI is InChI=1S/C20H34N2O2/c1-19(2,3)24-18(23)21-13-8-14-22-15-11-20(4,12-16-22)17-9-6-5-7-10-17/h5-7,9-10,18,21,23H,8,11-16H2,1-4H3. The Morgan fingerprint density at radius 1 is 1.21 bits per heavy atom. The highest BCUT2D eigenvalue weighted by atomic mass is 16.6. The minimum Gasteiger partial charge on any atom is -0.356 e. The third kappa shape index (κ3) is 6.17. The summed E-state index contributed by atoms with van der Waals surface area (Å²) in [5.74, 6) is 0. The lowest BCUT2D eigenvalue weighted by Crippen LogP contribution is -2.42. The normalized spacial score (nSPS) is 20.0. The van der Waals surface area contributed by atoms with Crippen LogP contribution in [0.3, 0.4) is 0 Å². The van der Waals surface area contributed by atoms with E-state index in [0.29, 0.717) is 5.41 Å². The van der Waals surface area contributed by atoms with Crippen LogP contribution in [0.15, 0.2) is 30.3 Å². The molecule has 1 unspecified atom stereocenters. The molecule has 0 aliphatic carbocycles. The number of likely N-dealkylation sites (tertiary alicyclic amines) is 1. The van der Waals surface area contributed by atoms with Gasteiger partial charge in [0.15, 0.2) is 0 Å². The summed E-state index contributed by atoms with van der Waals surface area (Å²) in [6, 6.07) is 10.9. The summed E-state index contributed by atoms with van der Waals surface area (Å²) >= 11 is 0. The molecular formula is C20H34N2O2. The van der Waals surface area contributed by atoms with E-state index in [9.17, 15) is 5.11 Å². The van der Waals surface area contributed by atoms with Crippen LogP contribution in [0.5, 0.6) is 0 Å². The van der Waals surface area contributed by atoms with Gasteiger partial charge in [-0.05, 0) is 70.6 Å². The zero-order valence-corrected chi connectivity index (χ0v) is 15.7. The Balaban J connectivity index is 1.65. The molecule has 1 aromatic rings. The molecule has 1 aromatic carbocycles. The maximum atomic E-state index is 9.77. The van der Waals surface area contributed by atoms with Crippen molar-refractivity contribution in [1.29, 1.82) is 0 Å². The van der Waals surface area contributed by atoms with Gasteiger partial charge in [-0.3, -0.25) is 5.32 Å². The van der Waals surface area contributed by atoms with E-state index in [1.54, 1.807) is 0 Å². The number of aliphatic hydroxyl groups is 1. The third-order valence-corrected chi connectivity index (χ3v) is 4.87. The molecule has 2 rings (SSSR count). The SMILES string of the molecule is CC(C)(C)OC(O)NCCCN1CCC(C)(c2ccccc2)CC1. The molecule has 1 atom stereocenters. The highest BCUT2D eigenvalue weighted by Crippen LogP contribution is 2.34. The lowest BCUT2D eigenvalue weighted by Gasteiger charge is -2.40. The molecule has 0 saturated carbocycles. The molecule has 4 nitrogen and oxygen atoms in total. The Bertz CT molecular complexity index is 476. The minimum absolute atomic E-state index is 0.312. The van der Waals surface area contributed by atoms with E-state index >= 15 is 0 Å². The summed E-state index contributed by atoms with van der Waals surface area (Å²) in [7, 11) is 0. The molecule has 24 heavy (non-hydrogen) atoms. The Kier molecular flexibility index (Phi) is 6.81. The van der Waals surface area contributed by atoms with Crippen LogP contribution in [-0.2, 0) is 10.2 Å². The van der Waals surface area contributed by atoms with E-state index in [-0.39, 0.29) is 5.60 Å². The molecule has 0 amide bonds. The lowest BCUT2D eigenvalue weighted by atomic mass is 9.74. The van der Waals surface area contributed by atoms with Crippen LogP contribution >= 0.6 is 0 Å². The van der Waals surface area contributed by atoms with Gasteiger partial charge in [0.05, 0.1) is 5.60 Å². The summed E-state index contributed by atoms with van der Waals surface area (Å²) in [4.78, 5) is 2.53. The molecule has 0 bridgehead atoms. The first-order valence-corrected chi connectivity index (χ1v) is 9.16. The van der Waals surface area contributed by atoms with Gasteiger partial charge in [-0.15, -0.1) is 0 Å². The van der Waals surface area contributed by atoms with E-state index < -0.39 is 6.41 Å². The van der Waals surface area contributed by atoms with Crippen LogP contribution in [-0.4, -0.2) is 48.2 Å². The number of benzene rings is 1. The molecule has 136 valence electrons. The van der Waals surface area contributed by atoms with Crippen LogP contribution in [0.25, 0.3) is 0 Å². The second kappa shape index (κ2) is 8.43. The first-order valence-electron chi connectivity index (χ1n) is 9.16. The Morgan fingerprint density at radius 2 is 1.83 bits per heavy atom. The number of hydrogen-bond donors (Lipinski definition) is 2. The lowest BCUT2D eigenvalue weighted by molar-refractivity contribution is -0.181. The maximum absolute atomic E-state index is 9.77. The van der Waals surface area contributed by atoms with Crippen molar-refractivity contribution >= 4 is 0 Å². The molecule has 2 N–H and O–H groups in total.